The fraction of sp³-hybridized carbons (Fsp3) is 0.167. The molecule has 0 radical (unpaired) electrons. The molecule has 0 unspecified atom stereocenters. The van der Waals surface area contributed by atoms with Crippen LogP contribution in [0.1, 0.15) is 16.1 Å². The first kappa shape index (κ1) is 11.7. The van der Waals surface area contributed by atoms with E-state index in [2.05, 4.69) is 10.4 Å². The van der Waals surface area contributed by atoms with Crippen LogP contribution in [0.4, 0.5) is 5.69 Å². The Morgan fingerprint density at radius 1 is 1.41 bits per heavy atom. The number of amides is 1. The number of aryl methyl sites for hydroxylation is 2. The van der Waals surface area contributed by atoms with E-state index in [1.54, 1.807) is 42.2 Å². The van der Waals surface area contributed by atoms with E-state index in [1.165, 1.54) is 0 Å². The normalized spacial score (nSPS) is 10.3. The first-order valence-electron chi connectivity index (χ1n) is 5.14. The van der Waals surface area contributed by atoms with E-state index in [9.17, 15) is 4.79 Å². The molecule has 17 heavy (non-hydrogen) atoms. The molecular formula is C12H12ClN3O. The van der Waals surface area contributed by atoms with Crippen molar-refractivity contribution < 1.29 is 4.79 Å². The van der Waals surface area contributed by atoms with Crippen LogP contribution in [0.15, 0.2) is 30.5 Å². The Kier molecular flexibility index (Phi) is 3.15. The first-order valence-corrected chi connectivity index (χ1v) is 5.52. The minimum atomic E-state index is -0.230. The molecule has 1 N–H and O–H groups in total. The van der Waals surface area contributed by atoms with Crippen molar-refractivity contribution in [1.82, 2.24) is 9.78 Å². The number of carbonyl (C=O) groups excluding carboxylic acids is 1. The molecule has 0 bridgehead atoms. The van der Waals surface area contributed by atoms with E-state index in [4.69, 9.17) is 11.6 Å². The van der Waals surface area contributed by atoms with Crippen molar-refractivity contribution in [3.05, 3.63) is 46.7 Å². The number of nitrogens with one attached hydrogen (secondary N) is 1. The van der Waals surface area contributed by atoms with Gasteiger partial charge >= 0.3 is 0 Å². The molecule has 0 saturated heterocycles. The summed E-state index contributed by atoms with van der Waals surface area (Å²) in [5.74, 6) is -0.230. The van der Waals surface area contributed by atoms with Crippen molar-refractivity contribution >= 4 is 23.2 Å². The van der Waals surface area contributed by atoms with Crippen molar-refractivity contribution in [2.45, 2.75) is 6.92 Å². The third-order valence-corrected chi connectivity index (χ3v) is 2.71. The summed E-state index contributed by atoms with van der Waals surface area (Å²) in [7, 11) is 1.80. The Hall–Kier alpha value is -1.81. The topological polar surface area (TPSA) is 46.9 Å². The predicted octanol–water partition coefficient (Wildman–Crippen LogP) is 2.63. The standard InChI is InChI=1S/C12H12ClN3O/c1-8-11(7-16(2)15-8)14-12(17)9-5-3-4-6-10(9)13/h3-7H,1-2H3,(H,14,17). The van der Waals surface area contributed by atoms with Gasteiger partial charge in [-0.3, -0.25) is 9.48 Å². The van der Waals surface area contributed by atoms with E-state index in [0.717, 1.165) is 5.69 Å². The molecule has 2 rings (SSSR count). The summed E-state index contributed by atoms with van der Waals surface area (Å²) in [5.41, 5.74) is 1.92. The average Bonchev–Trinajstić information content (AvgIpc) is 2.58. The van der Waals surface area contributed by atoms with Gasteiger partial charge < -0.3 is 5.32 Å². The monoisotopic (exact) mass is 249 g/mol. The van der Waals surface area contributed by atoms with E-state index >= 15 is 0 Å². The van der Waals surface area contributed by atoms with Crippen molar-refractivity contribution in [1.29, 1.82) is 0 Å². The lowest BCUT2D eigenvalue weighted by Crippen LogP contribution is -2.12. The smallest absolute Gasteiger partial charge is 0.257 e. The van der Waals surface area contributed by atoms with Crippen LogP contribution in [-0.4, -0.2) is 15.7 Å². The van der Waals surface area contributed by atoms with Crippen LogP contribution in [0.3, 0.4) is 0 Å². The maximum atomic E-state index is 12.0. The minimum absolute atomic E-state index is 0.230. The van der Waals surface area contributed by atoms with E-state index < -0.39 is 0 Å². The predicted molar refractivity (Wildman–Crippen MR) is 67.4 cm³/mol. The molecule has 1 heterocycles. The summed E-state index contributed by atoms with van der Waals surface area (Å²) in [4.78, 5) is 12.0. The lowest BCUT2D eigenvalue weighted by atomic mass is 10.2. The van der Waals surface area contributed by atoms with Gasteiger partial charge in [-0.05, 0) is 19.1 Å². The highest BCUT2D eigenvalue weighted by atomic mass is 35.5. The molecular weight excluding hydrogens is 238 g/mol. The second kappa shape index (κ2) is 4.59. The molecule has 0 aliphatic rings. The van der Waals surface area contributed by atoms with Crippen molar-refractivity contribution in [2.24, 2.45) is 7.05 Å². The zero-order valence-electron chi connectivity index (χ0n) is 9.57. The summed E-state index contributed by atoms with van der Waals surface area (Å²) in [6.45, 7) is 1.84. The van der Waals surface area contributed by atoms with Gasteiger partial charge in [0.2, 0.25) is 0 Å². The van der Waals surface area contributed by atoms with Gasteiger partial charge in [-0.2, -0.15) is 5.10 Å². The molecule has 0 spiro atoms. The molecule has 0 fully saturated rings. The van der Waals surface area contributed by atoms with Gasteiger partial charge in [0.15, 0.2) is 0 Å². The summed E-state index contributed by atoms with van der Waals surface area (Å²) in [5, 5.41) is 7.37. The Morgan fingerprint density at radius 2 is 2.12 bits per heavy atom. The Bertz CT molecular complexity index is 563. The number of rotatable bonds is 2. The number of nitrogens with zero attached hydrogens (tertiary/aromatic N) is 2. The van der Waals surface area contributed by atoms with Gasteiger partial charge in [-0.15, -0.1) is 0 Å². The average molecular weight is 250 g/mol. The summed E-state index contributed by atoms with van der Waals surface area (Å²) < 4.78 is 1.65. The number of benzene rings is 1. The van der Waals surface area contributed by atoms with E-state index in [1.807, 2.05) is 6.92 Å². The lowest BCUT2D eigenvalue weighted by Gasteiger charge is -2.04. The largest absolute Gasteiger partial charge is 0.319 e. The molecule has 5 heteroatoms. The molecule has 2 aromatic rings. The SMILES string of the molecule is Cc1nn(C)cc1NC(=O)c1ccccc1Cl. The minimum Gasteiger partial charge on any atom is -0.319 e. The van der Waals surface area contributed by atoms with E-state index in [-0.39, 0.29) is 5.91 Å². The maximum absolute atomic E-state index is 12.0. The molecule has 4 nitrogen and oxygen atoms in total. The van der Waals surface area contributed by atoms with Crippen LogP contribution in [0.2, 0.25) is 5.02 Å². The number of aromatic nitrogens is 2. The highest BCUT2D eigenvalue weighted by molar-refractivity contribution is 6.34. The Balaban J connectivity index is 2.23. The lowest BCUT2D eigenvalue weighted by molar-refractivity contribution is 0.102. The molecule has 0 atom stereocenters. The molecule has 0 aliphatic heterocycles. The third-order valence-electron chi connectivity index (χ3n) is 2.38. The van der Waals surface area contributed by atoms with Gasteiger partial charge in [-0.1, -0.05) is 23.7 Å². The third kappa shape index (κ3) is 2.47. The van der Waals surface area contributed by atoms with Crippen LogP contribution in [0.25, 0.3) is 0 Å². The quantitative estimate of drug-likeness (QED) is 0.889. The summed E-state index contributed by atoms with van der Waals surface area (Å²) in [6.07, 6.45) is 1.75. The summed E-state index contributed by atoms with van der Waals surface area (Å²) >= 11 is 5.95. The number of halogens is 1. The van der Waals surface area contributed by atoms with Crippen molar-refractivity contribution in [2.75, 3.05) is 5.32 Å². The van der Waals surface area contributed by atoms with Crippen molar-refractivity contribution in [3.63, 3.8) is 0 Å². The second-order valence-electron chi connectivity index (χ2n) is 3.74. The van der Waals surface area contributed by atoms with Gasteiger partial charge in [-0.25, -0.2) is 0 Å². The Labute approximate surface area is 104 Å². The molecule has 1 aromatic carbocycles. The van der Waals surface area contributed by atoms with E-state index in [0.29, 0.717) is 16.3 Å². The number of anilines is 1. The van der Waals surface area contributed by atoms with Gasteiger partial charge in [0, 0.05) is 13.2 Å². The molecule has 88 valence electrons. The van der Waals surface area contributed by atoms with Gasteiger partial charge in [0.1, 0.15) is 0 Å². The maximum Gasteiger partial charge on any atom is 0.257 e. The van der Waals surface area contributed by atoms with Crippen molar-refractivity contribution in [3.8, 4) is 0 Å². The first-order chi connectivity index (χ1) is 8.08. The fourth-order valence-corrected chi connectivity index (χ4v) is 1.78. The zero-order chi connectivity index (χ0) is 12.4. The fourth-order valence-electron chi connectivity index (χ4n) is 1.56. The second-order valence-corrected chi connectivity index (χ2v) is 4.14. The van der Waals surface area contributed by atoms with Crippen LogP contribution in [0, 0.1) is 6.92 Å². The van der Waals surface area contributed by atoms with Crippen LogP contribution in [-0.2, 0) is 7.05 Å². The Morgan fingerprint density at radius 3 is 2.71 bits per heavy atom. The van der Waals surface area contributed by atoms with Crippen LogP contribution in [0.5, 0.6) is 0 Å². The number of hydrogen-bond donors (Lipinski definition) is 1. The van der Waals surface area contributed by atoms with Crippen LogP contribution < -0.4 is 5.32 Å². The highest BCUT2D eigenvalue weighted by Crippen LogP contribution is 2.18. The zero-order valence-corrected chi connectivity index (χ0v) is 10.3. The highest BCUT2D eigenvalue weighted by Gasteiger charge is 2.12. The molecule has 1 amide bonds. The van der Waals surface area contributed by atoms with Gasteiger partial charge in [0.25, 0.3) is 5.91 Å². The molecule has 0 aliphatic carbocycles. The number of hydrogen-bond acceptors (Lipinski definition) is 2. The summed E-state index contributed by atoms with van der Waals surface area (Å²) in [6, 6.07) is 6.93. The van der Waals surface area contributed by atoms with Crippen LogP contribution >= 0.6 is 11.6 Å². The molecule has 0 saturated carbocycles. The molecule has 1 aromatic heterocycles. The number of carbonyl (C=O) groups is 1. The van der Waals surface area contributed by atoms with Gasteiger partial charge in [0.05, 0.1) is 22.0 Å².